The van der Waals surface area contributed by atoms with E-state index in [0.29, 0.717) is 10.9 Å². The molecule has 0 unspecified atom stereocenters. The Bertz CT molecular complexity index is 461. The zero-order chi connectivity index (χ0) is 11.7. The molecule has 1 saturated carbocycles. The maximum Gasteiger partial charge on any atom is 0.245 e. The van der Waals surface area contributed by atoms with E-state index in [1.54, 1.807) is 0 Å². The lowest BCUT2D eigenvalue weighted by molar-refractivity contribution is -0.114. The van der Waals surface area contributed by atoms with Gasteiger partial charge in [0.1, 0.15) is 0 Å². The van der Waals surface area contributed by atoms with Crippen LogP contribution in [0.5, 0.6) is 0 Å². The molecule has 1 fully saturated rings. The predicted molar refractivity (Wildman–Crippen MR) is 66.0 cm³/mol. The average molecular weight is 236 g/mol. The van der Waals surface area contributed by atoms with Gasteiger partial charge in [-0.05, 0) is 49.0 Å². The Labute approximate surface area is 100 Å². The van der Waals surface area contributed by atoms with E-state index in [-0.39, 0.29) is 5.91 Å². The van der Waals surface area contributed by atoms with E-state index in [0.717, 1.165) is 29.6 Å². The number of hydrogen-bond acceptors (Lipinski definition) is 1. The van der Waals surface area contributed by atoms with Gasteiger partial charge >= 0.3 is 0 Å². The molecule has 0 saturated heterocycles. The first-order valence-electron chi connectivity index (χ1n) is 5.36. The minimum atomic E-state index is -0.306. The Kier molecular flexibility index (Phi) is 3.01. The van der Waals surface area contributed by atoms with Crippen molar-refractivity contribution in [2.75, 3.05) is 0 Å². The van der Waals surface area contributed by atoms with Gasteiger partial charge in [0, 0.05) is 10.6 Å². The Balaban J connectivity index is 2.44. The van der Waals surface area contributed by atoms with Gasteiger partial charge in [-0.2, -0.15) is 0 Å². The van der Waals surface area contributed by atoms with Gasteiger partial charge in [0.2, 0.25) is 5.91 Å². The number of carbonyl (C=O) groups is 1. The number of benzene rings is 1. The first kappa shape index (κ1) is 11.2. The van der Waals surface area contributed by atoms with Crippen LogP contribution in [0.1, 0.15) is 25.3 Å². The Morgan fingerprint density at radius 3 is 2.62 bits per heavy atom. The van der Waals surface area contributed by atoms with Crippen LogP contribution in [0.2, 0.25) is 5.02 Å². The number of primary amides is 1. The number of nitrogens with two attached hydrogens (primary N) is 1. The lowest BCUT2D eigenvalue weighted by Crippen LogP contribution is -2.16. The molecule has 3 heteroatoms. The Morgan fingerprint density at radius 1 is 1.44 bits per heavy atom. The summed E-state index contributed by atoms with van der Waals surface area (Å²) in [5.74, 6) is 0.0523. The summed E-state index contributed by atoms with van der Waals surface area (Å²) >= 11 is 5.93. The van der Waals surface area contributed by atoms with Crippen LogP contribution in [0, 0.1) is 5.92 Å². The maximum atomic E-state index is 11.4. The second kappa shape index (κ2) is 4.30. The summed E-state index contributed by atoms with van der Waals surface area (Å²) in [5.41, 5.74) is 8.13. The van der Waals surface area contributed by atoms with Gasteiger partial charge in [-0.1, -0.05) is 23.7 Å². The van der Waals surface area contributed by atoms with Crippen LogP contribution in [0.4, 0.5) is 0 Å². The molecule has 2 rings (SSSR count). The molecular weight excluding hydrogens is 222 g/mol. The van der Waals surface area contributed by atoms with Crippen LogP contribution in [0.3, 0.4) is 0 Å². The van der Waals surface area contributed by atoms with Crippen LogP contribution < -0.4 is 5.73 Å². The number of allylic oxidation sites excluding steroid dienone is 1. The number of hydrogen-bond donors (Lipinski definition) is 1. The normalized spacial score (nSPS) is 16.9. The molecule has 0 bridgehead atoms. The van der Waals surface area contributed by atoms with Crippen molar-refractivity contribution in [1.29, 1.82) is 0 Å². The summed E-state index contributed by atoms with van der Waals surface area (Å²) in [5, 5.41) is 0.677. The highest BCUT2D eigenvalue weighted by Gasteiger charge is 2.31. The van der Waals surface area contributed by atoms with Gasteiger partial charge < -0.3 is 5.73 Å². The van der Waals surface area contributed by atoms with Crippen molar-refractivity contribution in [2.24, 2.45) is 11.7 Å². The van der Waals surface area contributed by atoms with Crippen LogP contribution in [0.15, 0.2) is 29.8 Å². The second-order valence-corrected chi connectivity index (χ2v) is 4.62. The van der Waals surface area contributed by atoms with E-state index in [1.807, 2.05) is 31.2 Å². The van der Waals surface area contributed by atoms with Gasteiger partial charge in [0.25, 0.3) is 0 Å². The van der Waals surface area contributed by atoms with Crippen molar-refractivity contribution >= 4 is 23.1 Å². The van der Waals surface area contributed by atoms with Gasteiger partial charge in [-0.15, -0.1) is 0 Å². The largest absolute Gasteiger partial charge is 0.366 e. The molecule has 16 heavy (non-hydrogen) atoms. The number of amides is 1. The first-order valence-corrected chi connectivity index (χ1v) is 5.74. The zero-order valence-corrected chi connectivity index (χ0v) is 9.92. The summed E-state index contributed by atoms with van der Waals surface area (Å²) in [7, 11) is 0. The van der Waals surface area contributed by atoms with Crippen molar-refractivity contribution in [2.45, 2.75) is 19.8 Å². The highest BCUT2D eigenvalue weighted by molar-refractivity contribution is 6.30. The summed E-state index contributed by atoms with van der Waals surface area (Å²) < 4.78 is 0. The molecule has 2 N–H and O–H groups in total. The van der Waals surface area contributed by atoms with Crippen LogP contribution >= 0.6 is 11.6 Å². The Morgan fingerprint density at radius 2 is 2.12 bits per heavy atom. The third kappa shape index (κ3) is 2.27. The van der Waals surface area contributed by atoms with E-state index < -0.39 is 0 Å². The number of halogens is 1. The smallest absolute Gasteiger partial charge is 0.245 e. The fraction of sp³-hybridized carbons (Fsp3) is 0.308. The predicted octanol–water partition coefficient (Wildman–Crippen LogP) is 3.01. The molecule has 1 aliphatic rings. The Hall–Kier alpha value is -1.28. The molecule has 0 aromatic heterocycles. The lowest BCUT2D eigenvalue weighted by Gasteiger charge is -2.08. The summed E-state index contributed by atoms with van der Waals surface area (Å²) in [6.07, 6.45) is 2.13. The summed E-state index contributed by atoms with van der Waals surface area (Å²) in [4.78, 5) is 11.4. The molecule has 2 nitrogen and oxygen atoms in total. The quantitative estimate of drug-likeness (QED) is 0.805. The molecule has 84 valence electrons. The second-order valence-electron chi connectivity index (χ2n) is 4.19. The lowest BCUT2D eigenvalue weighted by atomic mass is 9.98. The monoisotopic (exact) mass is 235 g/mol. The average Bonchev–Trinajstić information content (AvgIpc) is 3.01. The van der Waals surface area contributed by atoms with Crippen molar-refractivity contribution in [1.82, 2.24) is 0 Å². The summed E-state index contributed by atoms with van der Waals surface area (Å²) in [6, 6.07) is 7.51. The van der Waals surface area contributed by atoms with E-state index in [2.05, 4.69) is 0 Å². The minimum absolute atomic E-state index is 0.306. The molecule has 1 amide bonds. The van der Waals surface area contributed by atoms with Crippen molar-refractivity contribution in [3.8, 4) is 0 Å². The molecule has 1 aromatic carbocycles. The fourth-order valence-corrected chi connectivity index (χ4v) is 2.13. The van der Waals surface area contributed by atoms with E-state index >= 15 is 0 Å². The molecule has 0 heterocycles. The third-order valence-corrected chi connectivity index (χ3v) is 3.15. The molecule has 0 aliphatic heterocycles. The highest BCUT2D eigenvalue weighted by atomic mass is 35.5. The van der Waals surface area contributed by atoms with Gasteiger partial charge in [0.15, 0.2) is 0 Å². The molecular formula is C13H14ClNO. The van der Waals surface area contributed by atoms with E-state index in [9.17, 15) is 4.79 Å². The molecule has 0 spiro atoms. The third-order valence-electron chi connectivity index (χ3n) is 2.91. The van der Waals surface area contributed by atoms with Crippen LogP contribution in [0.25, 0.3) is 5.57 Å². The summed E-state index contributed by atoms with van der Waals surface area (Å²) in [6.45, 7) is 1.93. The van der Waals surface area contributed by atoms with Gasteiger partial charge in [-0.25, -0.2) is 0 Å². The fourth-order valence-electron chi connectivity index (χ4n) is 1.94. The SMILES string of the molecule is CC(=C(C(N)=O)C1CC1)c1cccc(Cl)c1. The van der Waals surface area contributed by atoms with Gasteiger partial charge in [-0.3, -0.25) is 4.79 Å². The van der Waals surface area contributed by atoms with Crippen LogP contribution in [-0.4, -0.2) is 5.91 Å². The van der Waals surface area contributed by atoms with Crippen LogP contribution in [-0.2, 0) is 4.79 Å². The number of rotatable bonds is 3. The minimum Gasteiger partial charge on any atom is -0.366 e. The standard InChI is InChI=1S/C13H14ClNO/c1-8(10-3-2-4-11(14)7-10)12(13(15)16)9-5-6-9/h2-4,7,9H,5-6H2,1H3,(H2,15,16). The van der Waals surface area contributed by atoms with Crippen molar-refractivity contribution in [3.63, 3.8) is 0 Å². The maximum absolute atomic E-state index is 11.4. The van der Waals surface area contributed by atoms with Crippen molar-refractivity contribution in [3.05, 3.63) is 40.4 Å². The molecule has 1 aliphatic carbocycles. The van der Waals surface area contributed by atoms with E-state index in [4.69, 9.17) is 17.3 Å². The molecule has 0 atom stereocenters. The number of carbonyl (C=O) groups excluding carboxylic acids is 1. The van der Waals surface area contributed by atoms with Crippen molar-refractivity contribution < 1.29 is 4.79 Å². The molecule has 0 radical (unpaired) electrons. The topological polar surface area (TPSA) is 43.1 Å². The zero-order valence-electron chi connectivity index (χ0n) is 9.16. The van der Waals surface area contributed by atoms with E-state index in [1.165, 1.54) is 0 Å². The highest BCUT2D eigenvalue weighted by Crippen LogP contribution is 2.40. The first-order chi connectivity index (χ1) is 7.59. The molecule has 1 aromatic rings. The van der Waals surface area contributed by atoms with Gasteiger partial charge in [0.05, 0.1) is 0 Å².